The van der Waals surface area contributed by atoms with Gasteiger partial charge in [0.05, 0.1) is 0 Å². The van der Waals surface area contributed by atoms with Gasteiger partial charge < -0.3 is 0 Å². The maximum atomic E-state index is 2.40. The first-order chi connectivity index (χ1) is 15.8. The van der Waals surface area contributed by atoms with Crippen molar-refractivity contribution >= 4 is 0 Å². The topological polar surface area (TPSA) is 0 Å². The van der Waals surface area contributed by atoms with Gasteiger partial charge in [0.25, 0.3) is 0 Å². The molecular weight excluding hydrogens is 444 g/mol. The van der Waals surface area contributed by atoms with Crippen molar-refractivity contribution in [3.8, 4) is 0 Å². The van der Waals surface area contributed by atoms with Crippen LogP contribution in [-0.2, 0) is 6.42 Å². The lowest BCUT2D eigenvalue weighted by molar-refractivity contribution is 0.224. The van der Waals surface area contributed by atoms with Gasteiger partial charge in [-0.05, 0) is 60.0 Å². The maximum Gasteiger partial charge on any atom is -0.0162 e. The molecule has 0 N–H and O–H groups in total. The second kappa shape index (κ2) is 32.5. The molecule has 0 unspecified atom stereocenters. The normalized spacial score (nSPS) is 12.5. The molecule has 1 aliphatic rings. The summed E-state index contributed by atoms with van der Waals surface area (Å²) in [6.07, 6.45) is 6.67. The monoisotopic (exact) mass is 521 g/mol. The van der Waals surface area contributed by atoms with Gasteiger partial charge in [0.15, 0.2) is 0 Å². The second-order valence-corrected chi connectivity index (χ2v) is 9.57. The Morgan fingerprint density at radius 3 is 1.24 bits per heavy atom. The van der Waals surface area contributed by atoms with Crippen molar-refractivity contribution in [2.75, 3.05) is 0 Å². The van der Waals surface area contributed by atoms with Crippen LogP contribution in [0.5, 0.6) is 0 Å². The van der Waals surface area contributed by atoms with Crippen LogP contribution in [0.4, 0.5) is 0 Å². The average Bonchev–Trinajstić information content (AvgIpc) is 2.85. The summed E-state index contributed by atoms with van der Waals surface area (Å²) < 4.78 is 0. The predicted octanol–water partition coefficient (Wildman–Crippen LogP) is 14.3. The van der Waals surface area contributed by atoms with Gasteiger partial charge in [0, 0.05) is 0 Å². The van der Waals surface area contributed by atoms with Crippen LogP contribution in [0.15, 0.2) is 60.7 Å². The first-order valence-corrected chi connectivity index (χ1v) is 13.8. The Morgan fingerprint density at radius 2 is 0.919 bits per heavy atom. The fraction of sp³-hybridized carbons (Fsp3) is 0.676. The molecule has 0 amide bonds. The third-order valence-corrected chi connectivity index (χ3v) is 5.19. The summed E-state index contributed by atoms with van der Waals surface area (Å²) in [4.78, 5) is 0. The minimum atomic E-state index is 0. The molecule has 0 bridgehead atoms. The summed E-state index contributed by atoms with van der Waals surface area (Å²) in [7, 11) is 0. The van der Waals surface area contributed by atoms with Gasteiger partial charge >= 0.3 is 0 Å². The molecular formula is C37H76. The lowest BCUT2D eigenvalue weighted by Crippen LogP contribution is -2.20. The zero-order valence-electron chi connectivity index (χ0n) is 24.9. The summed E-state index contributed by atoms with van der Waals surface area (Å²) in [5, 5.41) is 0. The van der Waals surface area contributed by atoms with E-state index in [1.165, 1.54) is 31.2 Å². The van der Waals surface area contributed by atoms with Crippen LogP contribution in [0.3, 0.4) is 0 Å². The van der Waals surface area contributed by atoms with Crippen molar-refractivity contribution < 1.29 is 0 Å². The summed E-state index contributed by atoms with van der Waals surface area (Å²) in [5.74, 6) is 0.823. The van der Waals surface area contributed by atoms with E-state index in [0.29, 0.717) is 10.8 Å². The largest absolute Gasteiger partial charge is 0.0776 e. The van der Waals surface area contributed by atoms with E-state index in [1.54, 1.807) is 5.56 Å². The molecule has 2 aromatic rings. The molecule has 0 atom stereocenters. The zero-order valence-corrected chi connectivity index (χ0v) is 24.9. The first-order valence-electron chi connectivity index (χ1n) is 13.8. The summed E-state index contributed by atoms with van der Waals surface area (Å²) >= 11 is 0. The smallest absolute Gasteiger partial charge is 0.0162 e. The van der Waals surface area contributed by atoms with Crippen molar-refractivity contribution in [3.05, 3.63) is 71.8 Å². The summed E-state index contributed by atoms with van der Waals surface area (Å²) in [6, 6.07) is 21.6. The molecule has 1 saturated carbocycles. The van der Waals surface area contributed by atoms with Crippen molar-refractivity contribution in [1.82, 2.24) is 0 Å². The van der Waals surface area contributed by atoms with E-state index in [2.05, 4.69) is 95.3 Å². The molecule has 224 valence electrons. The van der Waals surface area contributed by atoms with E-state index in [-0.39, 0.29) is 29.7 Å². The highest BCUT2D eigenvalue weighted by Crippen LogP contribution is 2.42. The highest BCUT2D eigenvalue weighted by molar-refractivity contribution is 5.20. The van der Waals surface area contributed by atoms with Crippen LogP contribution in [0.1, 0.15) is 162 Å². The first kappa shape index (κ1) is 52.0. The Kier molecular flexibility index (Phi) is 45.6. The van der Waals surface area contributed by atoms with Gasteiger partial charge in [-0.25, -0.2) is 0 Å². The molecule has 1 fully saturated rings. The Morgan fingerprint density at radius 1 is 0.595 bits per heavy atom. The minimum absolute atomic E-state index is 0. The van der Waals surface area contributed by atoms with E-state index < -0.39 is 0 Å². The number of hydrogen-bond acceptors (Lipinski definition) is 0. The van der Waals surface area contributed by atoms with E-state index in [4.69, 9.17) is 0 Å². The van der Waals surface area contributed by atoms with E-state index in [0.717, 1.165) is 12.3 Å². The summed E-state index contributed by atoms with van der Waals surface area (Å²) in [6.45, 7) is 27.6. The van der Waals surface area contributed by atoms with Gasteiger partial charge in [-0.2, -0.15) is 0 Å². The average molecular weight is 521 g/mol. The van der Waals surface area contributed by atoms with Gasteiger partial charge in [-0.3, -0.25) is 0 Å². The summed E-state index contributed by atoms with van der Waals surface area (Å²) in [5.41, 5.74) is 3.97. The molecule has 0 aliphatic heterocycles. The molecule has 37 heavy (non-hydrogen) atoms. The molecule has 1 aliphatic carbocycles. The van der Waals surface area contributed by atoms with Crippen LogP contribution in [0, 0.1) is 10.8 Å². The number of hydrogen-bond donors (Lipinski definition) is 0. The molecule has 0 nitrogen and oxygen atoms in total. The number of benzene rings is 2. The fourth-order valence-corrected chi connectivity index (χ4v) is 3.67. The van der Waals surface area contributed by atoms with Crippen LogP contribution in [-0.4, -0.2) is 0 Å². The van der Waals surface area contributed by atoms with Crippen molar-refractivity contribution in [2.45, 2.75) is 158 Å². The van der Waals surface area contributed by atoms with E-state index in [9.17, 15) is 0 Å². The van der Waals surface area contributed by atoms with E-state index >= 15 is 0 Å². The molecule has 0 heteroatoms. The van der Waals surface area contributed by atoms with Gasteiger partial charge in [0.1, 0.15) is 0 Å². The fourth-order valence-electron chi connectivity index (χ4n) is 3.67. The third-order valence-electron chi connectivity index (χ3n) is 5.19. The molecule has 0 radical (unpaired) electrons. The quantitative estimate of drug-likeness (QED) is 0.369. The Hall–Kier alpha value is -1.56. The maximum absolute atomic E-state index is 2.40. The molecule has 0 aromatic heterocycles. The van der Waals surface area contributed by atoms with Crippen molar-refractivity contribution in [3.63, 3.8) is 0 Å². The molecule has 0 spiro atoms. The molecule has 0 heterocycles. The van der Waals surface area contributed by atoms with Crippen LogP contribution in [0.2, 0.25) is 0 Å². The van der Waals surface area contributed by atoms with Gasteiger partial charge in [0.2, 0.25) is 0 Å². The highest BCUT2D eigenvalue weighted by atomic mass is 14.3. The molecule has 0 saturated heterocycles. The lowest BCUT2D eigenvalue weighted by Gasteiger charge is -2.34. The second-order valence-electron chi connectivity index (χ2n) is 9.57. The van der Waals surface area contributed by atoms with Crippen LogP contribution in [0.25, 0.3) is 0 Å². The Balaban J connectivity index is -0.0000000714. The Labute approximate surface area is 240 Å². The van der Waals surface area contributed by atoms with Crippen molar-refractivity contribution in [1.29, 1.82) is 0 Å². The van der Waals surface area contributed by atoms with Crippen LogP contribution >= 0.6 is 0 Å². The third kappa shape index (κ3) is 28.9. The standard InChI is InChI=1S/C14H20.C11H16.4C2H6.4CH4/c1-14(2)10-8-13(9-11-14)12-6-4-3-5-7-12;1-11(2,3)9-10-7-5-4-6-8-10;4*1-2;;;;/h3-7,13H,8-11H2,1-2H3;4-8H,9H2,1-3H3;4*1-2H3;4*1H4. The highest BCUT2D eigenvalue weighted by Gasteiger charge is 2.27. The van der Waals surface area contributed by atoms with E-state index in [1.807, 2.05) is 55.4 Å². The molecule has 3 rings (SSSR count). The predicted molar refractivity (Wildman–Crippen MR) is 183 cm³/mol. The Bertz CT molecular complexity index is 591. The zero-order chi connectivity index (χ0) is 26.3. The lowest BCUT2D eigenvalue weighted by atomic mass is 9.71. The number of rotatable bonds is 2. The SMILES string of the molecule is C.C.C.C.CC.CC.CC.CC.CC(C)(C)Cc1ccccc1.CC1(C)CCC(c2ccccc2)CC1. The van der Waals surface area contributed by atoms with Crippen molar-refractivity contribution in [2.24, 2.45) is 10.8 Å². The van der Waals surface area contributed by atoms with Crippen LogP contribution < -0.4 is 0 Å². The van der Waals surface area contributed by atoms with Gasteiger partial charge in [-0.15, -0.1) is 0 Å². The minimum Gasteiger partial charge on any atom is -0.0776 e. The van der Waals surface area contributed by atoms with Gasteiger partial charge in [-0.1, -0.05) is 180 Å². The molecule has 2 aromatic carbocycles.